The van der Waals surface area contributed by atoms with Gasteiger partial charge >= 0.3 is 12.1 Å². The largest absolute Gasteiger partial charge is 0.464 e. The second kappa shape index (κ2) is 11.2. The van der Waals surface area contributed by atoms with Crippen LogP contribution in [0.2, 0.25) is 0 Å². The number of amides is 2. The summed E-state index contributed by atoms with van der Waals surface area (Å²) in [6.45, 7) is 11.6. The molecule has 1 aliphatic carbocycles. The maximum Gasteiger partial charge on any atom is 0.407 e. The smallest absolute Gasteiger partial charge is 0.407 e. The molecule has 2 amide bonds. The van der Waals surface area contributed by atoms with Gasteiger partial charge in [-0.1, -0.05) is 94.9 Å². The zero-order valence-electron chi connectivity index (χ0n) is 22.7. The summed E-state index contributed by atoms with van der Waals surface area (Å²) in [6.07, 6.45) is -0.696. The van der Waals surface area contributed by atoms with Crippen LogP contribution in [0.15, 0.2) is 53.6 Å². The number of benzene rings is 2. The van der Waals surface area contributed by atoms with Crippen molar-refractivity contribution in [1.29, 1.82) is 0 Å². The van der Waals surface area contributed by atoms with Gasteiger partial charge in [-0.15, -0.1) is 0 Å². The highest BCUT2D eigenvalue weighted by molar-refractivity contribution is 8.15. The van der Waals surface area contributed by atoms with Crippen LogP contribution in [0.4, 0.5) is 4.79 Å². The van der Waals surface area contributed by atoms with Gasteiger partial charge in [0.2, 0.25) is 5.37 Å². The first-order valence-electron chi connectivity index (χ1n) is 12.9. The van der Waals surface area contributed by atoms with E-state index in [0.29, 0.717) is 5.04 Å². The van der Waals surface area contributed by atoms with Crippen molar-refractivity contribution in [1.82, 2.24) is 10.3 Å². The van der Waals surface area contributed by atoms with E-state index in [1.54, 1.807) is 6.92 Å². The van der Waals surface area contributed by atoms with Gasteiger partial charge in [0, 0.05) is 11.3 Å². The Balaban J connectivity index is 1.48. The molecule has 8 nitrogen and oxygen atoms in total. The molecule has 2 aromatic rings. The quantitative estimate of drug-likeness (QED) is 0.477. The summed E-state index contributed by atoms with van der Waals surface area (Å²) in [7, 11) is 0. The summed E-state index contributed by atoms with van der Waals surface area (Å²) in [5.41, 5.74) is 4.12. The molecular weight excluding hydrogens is 502 g/mol. The topological polar surface area (TPSA) is 97.3 Å². The molecule has 38 heavy (non-hydrogen) atoms. The number of esters is 1. The zero-order chi connectivity index (χ0) is 27.6. The lowest BCUT2D eigenvalue weighted by Crippen LogP contribution is -2.52. The number of nitrogens with zero attached hydrogens (tertiary/aromatic N) is 2. The van der Waals surface area contributed by atoms with Crippen molar-refractivity contribution in [3.8, 4) is 11.1 Å². The Labute approximate surface area is 228 Å². The molecule has 2 atom stereocenters. The van der Waals surface area contributed by atoms with E-state index >= 15 is 0 Å². The maximum absolute atomic E-state index is 13.6. The summed E-state index contributed by atoms with van der Waals surface area (Å²) < 4.78 is 10.9. The fraction of sp³-hybridized carbons (Fsp3) is 0.448. The monoisotopic (exact) mass is 537 g/mol. The molecule has 2 aliphatic rings. The molecule has 1 N–H and O–H groups in total. The third-order valence-corrected chi connectivity index (χ3v) is 8.08. The van der Waals surface area contributed by atoms with E-state index in [0.717, 1.165) is 27.3 Å². The molecule has 1 heterocycles. The summed E-state index contributed by atoms with van der Waals surface area (Å²) in [6, 6.07) is 15.3. The summed E-state index contributed by atoms with van der Waals surface area (Å²) in [5.74, 6) is -1.40. The Morgan fingerprint density at radius 2 is 1.58 bits per heavy atom. The van der Waals surface area contributed by atoms with Gasteiger partial charge in [-0.25, -0.2) is 14.6 Å². The van der Waals surface area contributed by atoms with Crippen LogP contribution >= 0.6 is 11.8 Å². The number of carbonyl (C=O) groups is 3. The second-order valence-corrected chi connectivity index (χ2v) is 11.8. The Morgan fingerprint density at radius 1 is 1.00 bits per heavy atom. The predicted octanol–water partition coefficient (Wildman–Crippen LogP) is 5.37. The number of hydrogen-bond acceptors (Lipinski definition) is 7. The predicted molar refractivity (Wildman–Crippen MR) is 149 cm³/mol. The van der Waals surface area contributed by atoms with Gasteiger partial charge in [-0.05, 0) is 35.1 Å². The summed E-state index contributed by atoms with van der Waals surface area (Å²) >= 11 is 1.20. The average molecular weight is 538 g/mol. The van der Waals surface area contributed by atoms with Crippen molar-refractivity contribution in [2.45, 2.75) is 58.9 Å². The van der Waals surface area contributed by atoms with Gasteiger partial charge in [0.1, 0.15) is 17.7 Å². The number of nitrogens with one attached hydrogen (secondary N) is 1. The van der Waals surface area contributed by atoms with Crippen LogP contribution in [0.1, 0.15) is 58.6 Å². The van der Waals surface area contributed by atoms with E-state index < -0.39 is 29.4 Å². The van der Waals surface area contributed by atoms with E-state index in [-0.39, 0.29) is 30.5 Å². The molecule has 2 unspecified atom stereocenters. The van der Waals surface area contributed by atoms with Gasteiger partial charge in [0.15, 0.2) is 0 Å². The van der Waals surface area contributed by atoms with E-state index in [2.05, 4.69) is 22.6 Å². The summed E-state index contributed by atoms with van der Waals surface area (Å²) in [5, 5.41) is 8.07. The van der Waals surface area contributed by atoms with Crippen molar-refractivity contribution >= 4 is 34.8 Å². The number of ether oxygens (including phenoxy) is 2. The third kappa shape index (κ3) is 5.57. The lowest BCUT2D eigenvalue weighted by molar-refractivity contribution is -0.151. The standard InChI is InChI=1S/C29H35N3O5S/c1-7-36-26(34)25-32(31-27(38-25)29(4,5)6)24(33)23(17(2)3)30-28(35)37-16-22-20-14-10-8-12-18(20)19-13-9-11-15-21(19)22/h8-15,17,22-23,25H,7,16H2,1-6H3,(H,30,35). The van der Waals surface area contributed by atoms with E-state index in [1.807, 2.05) is 71.0 Å². The van der Waals surface area contributed by atoms with Crippen LogP contribution in [0.3, 0.4) is 0 Å². The van der Waals surface area contributed by atoms with Crippen LogP contribution < -0.4 is 5.32 Å². The minimum atomic E-state index is -0.942. The lowest BCUT2D eigenvalue weighted by Gasteiger charge is -2.27. The minimum absolute atomic E-state index is 0.0940. The van der Waals surface area contributed by atoms with Crippen molar-refractivity contribution in [2.24, 2.45) is 16.4 Å². The Bertz CT molecular complexity index is 1210. The van der Waals surface area contributed by atoms with Crippen LogP contribution in [0.25, 0.3) is 11.1 Å². The van der Waals surface area contributed by atoms with Gasteiger partial charge < -0.3 is 14.8 Å². The number of hydrogen-bond donors (Lipinski definition) is 1. The van der Waals surface area contributed by atoms with E-state index in [4.69, 9.17) is 9.47 Å². The van der Waals surface area contributed by atoms with Crippen molar-refractivity contribution < 1.29 is 23.9 Å². The lowest BCUT2D eigenvalue weighted by atomic mass is 9.98. The van der Waals surface area contributed by atoms with Crippen molar-refractivity contribution in [2.75, 3.05) is 13.2 Å². The Morgan fingerprint density at radius 3 is 2.11 bits per heavy atom. The Hall–Kier alpha value is -3.33. The first-order chi connectivity index (χ1) is 18.0. The van der Waals surface area contributed by atoms with E-state index in [1.165, 1.54) is 11.8 Å². The highest BCUT2D eigenvalue weighted by atomic mass is 32.2. The molecule has 0 fully saturated rings. The highest BCUT2D eigenvalue weighted by Gasteiger charge is 2.44. The Kier molecular flexibility index (Phi) is 8.16. The molecule has 202 valence electrons. The van der Waals surface area contributed by atoms with E-state index in [9.17, 15) is 14.4 Å². The average Bonchev–Trinajstić information content (AvgIpc) is 3.46. The molecule has 0 bridgehead atoms. The number of rotatable bonds is 7. The normalized spacial score (nSPS) is 17.5. The maximum atomic E-state index is 13.6. The number of fused-ring (bicyclic) bond motifs is 3. The van der Waals surface area contributed by atoms with Crippen molar-refractivity contribution in [3.63, 3.8) is 0 Å². The van der Waals surface area contributed by atoms with Gasteiger partial charge in [0.05, 0.1) is 6.61 Å². The fourth-order valence-electron chi connectivity index (χ4n) is 4.61. The molecule has 0 saturated heterocycles. The van der Waals surface area contributed by atoms with Crippen molar-refractivity contribution in [3.05, 3.63) is 59.7 Å². The number of hydrazone groups is 1. The molecule has 4 rings (SSSR count). The van der Waals surface area contributed by atoms with Crippen LogP contribution in [-0.4, -0.2) is 52.7 Å². The highest BCUT2D eigenvalue weighted by Crippen LogP contribution is 2.44. The molecule has 0 saturated carbocycles. The molecule has 0 aromatic heterocycles. The molecule has 0 radical (unpaired) electrons. The molecule has 0 spiro atoms. The number of alkyl carbamates (subject to hydrolysis) is 1. The van der Waals surface area contributed by atoms with Crippen LogP contribution in [0.5, 0.6) is 0 Å². The van der Waals surface area contributed by atoms with Crippen LogP contribution in [0, 0.1) is 11.3 Å². The van der Waals surface area contributed by atoms with Gasteiger partial charge in [0.25, 0.3) is 5.91 Å². The minimum Gasteiger partial charge on any atom is -0.464 e. The summed E-state index contributed by atoms with van der Waals surface area (Å²) in [4.78, 5) is 39.3. The number of carbonyl (C=O) groups excluding carboxylic acids is 3. The zero-order valence-corrected chi connectivity index (χ0v) is 23.5. The molecule has 9 heteroatoms. The first kappa shape index (κ1) is 27.7. The van der Waals surface area contributed by atoms with Crippen LogP contribution in [-0.2, 0) is 19.1 Å². The molecule has 2 aromatic carbocycles. The number of thioether (sulfide) groups is 1. The SMILES string of the molecule is CCOC(=O)C1SC(C(C)(C)C)=NN1C(=O)C(NC(=O)OCC1c2ccccc2-c2ccccc21)C(C)C. The third-order valence-electron chi connectivity index (χ3n) is 6.55. The van der Waals surface area contributed by atoms with Gasteiger partial charge in [-0.3, -0.25) is 4.79 Å². The fourth-order valence-corrected chi connectivity index (χ4v) is 5.72. The molecular formula is C29H35N3O5S. The molecule has 1 aliphatic heterocycles. The first-order valence-corrected chi connectivity index (χ1v) is 13.8. The van der Waals surface area contributed by atoms with Gasteiger partial charge in [-0.2, -0.15) is 5.10 Å². The second-order valence-electron chi connectivity index (χ2n) is 10.8.